The van der Waals surface area contributed by atoms with Crippen molar-refractivity contribution in [1.29, 1.82) is 0 Å². The lowest BCUT2D eigenvalue weighted by Gasteiger charge is -2.25. The first-order valence-electron chi connectivity index (χ1n) is 8.16. The third-order valence-corrected chi connectivity index (χ3v) is 3.58. The van der Waals surface area contributed by atoms with E-state index in [9.17, 15) is 15.3 Å². The summed E-state index contributed by atoms with van der Waals surface area (Å²) in [5, 5.41) is 30.4. The lowest BCUT2D eigenvalue weighted by Crippen LogP contribution is -2.33. The van der Waals surface area contributed by atoms with Crippen LogP contribution in [0.4, 0.5) is 0 Å². The monoisotopic (exact) mass is 334 g/mol. The summed E-state index contributed by atoms with van der Waals surface area (Å²) in [5.41, 5.74) is 0.333. The Balaban J connectivity index is 1.90. The molecule has 3 nitrogen and oxygen atoms in total. The smallest absolute Gasteiger partial charge is 0.117 e. The van der Waals surface area contributed by atoms with Crippen LogP contribution >= 0.6 is 0 Å². The number of rotatable bonds is 4. The maximum Gasteiger partial charge on any atom is 0.117 e. The summed E-state index contributed by atoms with van der Waals surface area (Å²) in [4.78, 5) is 0. The van der Waals surface area contributed by atoms with Crippen LogP contribution < -0.4 is 0 Å². The minimum atomic E-state index is -1.27. The molecule has 2 rings (SSSR count). The average Bonchev–Trinajstić information content (AvgIpc) is 2.59. The minimum absolute atomic E-state index is 0.0386. The predicted octanol–water partition coefficient (Wildman–Crippen LogP) is 2.34. The van der Waals surface area contributed by atoms with Crippen molar-refractivity contribution in [2.24, 2.45) is 0 Å². The van der Waals surface area contributed by atoms with Gasteiger partial charge in [-0.3, -0.25) is 0 Å². The van der Waals surface area contributed by atoms with Crippen molar-refractivity contribution in [2.45, 2.75) is 37.6 Å². The zero-order valence-electron chi connectivity index (χ0n) is 14.2. The molecule has 3 heteroatoms. The van der Waals surface area contributed by atoms with Gasteiger partial charge in [-0.25, -0.2) is 0 Å². The molecule has 0 fully saturated rings. The molecule has 0 bridgehead atoms. The zero-order valence-corrected chi connectivity index (χ0v) is 14.2. The zero-order chi connectivity index (χ0) is 18.1. The van der Waals surface area contributed by atoms with Gasteiger partial charge < -0.3 is 15.3 Å². The van der Waals surface area contributed by atoms with Gasteiger partial charge in [-0.15, -0.1) is 0 Å². The van der Waals surface area contributed by atoms with Crippen LogP contribution in [0.2, 0.25) is 0 Å². The van der Waals surface area contributed by atoms with Crippen LogP contribution in [0.5, 0.6) is 0 Å². The summed E-state index contributed by atoms with van der Waals surface area (Å²) >= 11 is 0. The third-order valence-electron chi connectivity index (χ3n) is 3.58. The third kappa shape index (κ3) is 7.25. The Morgan fingerprint density at radius 1 is 0.760 bits per heavy atom. The number of aliphatic hydroxyl groups is 3. The fourth-order valence-corrected chi connectivity index (χ4v) is 2.39. The molecular weight excluding hydrogens is 312 g/mol. The summed E-state index contributed by atoms with van der Waals surface area (Å²) in [6, 6.07) is 18.7. The van der Waals surface area contributed by atoms with E-state index in [0.717, 1.165) is 11.1 Å². The van der Waals surface area contributed by atoms with Crippen LogP contribution in [0, 0.1) is 23.7 Å². The minimum Gasteiger partial charge on any atom is -0.390 e. The summed E-state index contributed by atoms with van der Waals surface area (Å²) in [5.74, 6) is 11.2. The van der Waals surface area contributed by atoms with E-state index in [2.05, 4.69) is 23.7 Å². The Labute approximate surface area is 149 Å². The Bertz CT molecular complexity index is 707. The molecular formula is C22H22O3. The SMILES string of the molecule is CC(O)(C[C@H](O)C#Cc1ccccc1)C[C@@H](O)C#Cc1ccccc1. The quantitative estimate of drug-likeness (QED) is 0.752. The maximum absolute atomic E-state index is 10.4. The van der Waals surface area contributed by atoms with Crippen LogP contribution in [-0.4, -0.2) is 33.1 Å². The summed E-state index contributed by atoms with van der Waals surface area (Å²) in [6.45, 7) is 1.56. The van der Waals surface area contributed by atoms with Gasteiger partial charge in [0.05, 0.1) is 5.60 Å². The molecule has 2 aromatic rings. The van der Waals surface area contributed by atoms with E-state index in [1.807, 2.05) is 60.7 Å². The lowest BCUT2D eigenvalue weighted by molar-refractivity contribution is -0.0109. The fraction of sp³-hybridized carbons (Fsp3) is 0.273. The van der Waals surface area contributed by atoms with Crippen molar-refractivity contribution in [1.82, 2.24) is 0 Å². The van der Waals surface area contributed by atoms with E-state index in [1.165, 1.54) is 0 Å². The van der Waals surface area contributed by atoms with Gasteiger partial charge in [0, 0.05) is 24.0 Å². The Hall–Kier alpha value is -2.56. The average molecular weight is 334 g/mol. The normalized spacial score (nSPS) is 14.9. The molecule has 0 aliphatic heterocycles. The molecule has 0 spiro atoms. The van der Waals surface area contributed by atoms with E-state index in [4.69, 9.17) is 0 Å². The predicted molar refractivity (Wildman–Crippen MR) is 98.5 cm³/mol. The van der Waals surface area contributed by atoms with Crippen molar-refractivity contribution < 1.29 is 15.3 Å². The summed E-state index contributed by atoms with van der Waals surface area (Å²) < 4.78 is 0. The molecule has 2 aromatic carbocycles. The standard InChI is InChI=1S/C22H22O3/c1-22(25,16-20(23)14-12-18-8-4-2-5-9-18)17-21(24)15-13-19-10-6-3-7-11-19/h2-11,20-21,23-25H,16-17H2,1H3/t20-,21+,22?. The molecule has 0 radical (unpaired) electrons. The number of hydrogen-bond acceptors (Lipinski definition) is 3. The Kier molecular flexibility index (Phi) is 6.81. The Morgan fingerprint density at radius 3 is 1.48 bits per heavy atom. The largest absolute Gasteiger partial charge is 0.390 e. The number of benzene rings is 2. The molecule has 0 heterocycles. The summed E-state index contributed by atoms with van der Waals surface area (Å²) in [6.07, 6.45) is -1.89. The van der Waals surface area contributed by atoms with Crippen LogP contribution in [0.1, 0.15) is 30.9 Å². The van der Waals surface area contributed by atoms with Gasteiger partial charge in [0.25, 0.3) is 0 Å². The number of aliphatic hydroxyl groups excluding tert-OH is 2. The molecule has 0 aromatic heterocycles. The van der Waals surface area contributed by atoms with Gasteiger partial charge in [-0.05, 0) is 31.2 Å². The molecule has 0 aliphatic carbocycles. The van der Waals surface area contributed by atoms with E-state index >= 15 is 0 Å². The van der Waals surface area contributed by atoms with E-state index < -0.39 is 17.8 Å². The molecule has 25 heavy (non-hydrogen) atoms. The van der Waals surface area contributed by atoms with Gasteiger partial charge in [0.2, 0.25) is 0 Å². The van der Waals surface area contributed by atoms with Crippen LogP contribution in [0.15, 0.2) is 60.7 Å². The fourth-order valence-electron chi connectivity index (χ4n) is 2.39. The van der Waals surface area contributed by atoms with Crippen LogP contribution in [0.3, 0.4) is 0 Å². The van der Waals surface area contributed by atoms with E-state index in [0.29, 0.717) is 0 Å². The summed E-state index contributed by atoms with van der Waals surface area (Å²) in [7, 11) is 0. The van der Waals surface area contributed by atoms with Crippen molar-refractivity contribution in [3.05, 3.63) is 71.8 Å². The first-order chi connectivity index (χ1) is 11.9. The maximum atomic E-state index is 10.4. The van der Waals surface area contributed by atoms with Crippen molar-refractivity contribution >= 4 is 0 Å². The van der Waals surface area contributed by atoms with Gasteiger partial charge >= 0.3 is 0 Å². The second-order valence-corrected chi connectivity index (χ2v) is 6.21. The van der Waals surface area contributed by atoms with Gasteiger partial charge in [-0.2, -0.15) is 0 Å². The highest BCUT2D eigenvalue weighted by Crippen LogP contribution is 2.19. The van der Waals surface area contributed by atoms with E-state index in [1.54, 1.807) is 6.92 Å². The van der Waals surface area contributed by atoms with Gasteiger partial charge in [-0.1, -0.05) is 60.1 Å². The molecule has 0 saturated carbocycles. The second-order valence-electron chi connectivity index (χ2n) is 6.21. The topological polar surface area (TPSA) is 60.7 Å². The molecule has 128 valence electrons. The van der Waals surface area contributed by atoms with Crippen molar-refractivity contribution in [2.75, 3.05) is 0 Å². The molecule has 3 N–H and O–H groups in total. The van der Waals surface area contributed by atoms with Crippen molar-refractivity contribution in [3.8, 4) is 23.7 Å². The molecule has 0 saturated heterocycles. The van der Waals surface area contributed by atoms with Crippen molar-refractivity contribution in [3.63, 3.8) is 0 Å². The van der Waals surface area contributed by atoms with Crippen LogP contribution in [-0.2, 0) is 0 Å². The highest BCUT2D eigenvalue weighted by Gasteiger charge is 2.26. The number of hydrogen-bond donors (Lipinski definition) is 3. The van der Waals surface area contributed by atoms with Gasteiger partial charge in [0.15, 0.2) is 0 Å². The van der Waals surface area contributed by atoms with Crippen LogP contribution in [0.25, 0.3) is 0 Å². The first kappa shape index (κ1) is 18.8. The lowest BCUT2D eigenvalue weighted by atomic mass is 9.92. The highest BCUT2D eigenvalue weighted by molar-refractivity contribution is 5.35. The molecule has 1 unspecified atom stereocenters. The molecule has 3 atom stereocenters. The molecule has 0 aliphatic rings. The first-order valence-corrected chi connectivity index (χ1v) is 8.16. The second kappa shape index (κ2) is 9.06. The van der Waals surface area contributed by atoms with E-state index in [-0.39, 0.29) is 12.8 Å². The Morgan fingerprint density at radius 2 is 1.12 bits per heavy atom. The van der Waals surface area contributed by atoms with Gasteiger partial charge in [0.1, 0.15) is 12.2 Å². The highest BCUT2D eigenvalue weighted by atomic mass is 16.3. The molecule has 0 amide bonds.